The zero-order chi connectivity index (χ0) is 26.5. The van der Waals surface area contributed by atoms with Crippen LogP contribution in [0.3, 0.4) is 0 Å². The van der Waals surface area contributed by atoms with Crippen LogP contribution in [0.4, 0.5) is 10.5 Å². The average Bonchev–Trinajstić information content (AvgIpc) is 3.35. The molecule has 1 fully saturated rings. The van der Waals surface area contributed by atoms with Gasteiger partial charge in [0.25, 0.3) is 5.91 Å². The summed E-state index contributed by atoms with van der Waals surface area (Å²) in [5, 5.41) is 15.8. The number of thiazole rings is 1. The van der Waals surface area contributed by atoms with E-state index in [0.717, 1.165) is 31.2 Å². The summed E-state index contributed by atoms with van der Waals surface area (Å²) in [5.74, 6) is -0.436. The van der Waals surface area contributed by atoms with Gasteiger partial charge in [-0.25, -0.2) is 9.78 Å². The number of hydrogen-bond donors (Lipinski definition) is 2. The van der Waals surface area contributed by atoms with Crippen LogP contribution in [0, 0.1) is 5.41 Å². The number of rotatable bonds is 4. The highest BCUT2D eigenvalue weighted by Gasteiger charge is 2.64. The van der Waals surface area contributed by atoms with Gasteiger partial charge in [0.2, 0.25) is 0 Å². The van der Waals surface area contributed by atoms with Crippen LogP contribution in [0.25, 0.3) is 21.8 Å². The largest absolute Gasteiger partial charge is 0.465 e. The number of benzene rings is 2. The van der Waals surface area contributed by atoms with Crippen molar-refractivity contribution in [3.8, 4) is 21.8 Å². The van der Waals surface area contributed by atoms with Crippen LogP contribution in [0.15, 0.2) is 58.4 Å². The summed E-state index contributed by atoms with van der Waals surface area (Å²) in [7, 11) is 0. The van der Waals surface area contributed by atoms with E-state index in [1.807, 2.05) is 62.5 Å². The normalized spacial score (nSPS) is 21.4. The van der Waals surface area contributed by atoms with Crippen molar-refractivity contribution >= 4 is 45.0 Å². The molecule has 1 aromatic heterocycles. The van der Waals surface area contributed by atoms with Crippen molar-refractivity contribution < 1.29 is 19.4 Å². The average molecular weight is 573 g/mol. The molecule has 7 nitrogen and oxygen atoms in total. The molecule has 3 aromatic rings. The summed E-state index contributed by atoms with van der Waals surface area (Å²) in [5.41, 5.74) is 0.315. The van der Waals surface area contributed by atoms with Crippen LogP contribution < -0.4 is 5.32 Å². The Bertz CT molecular complexity index is 1280. The number of carbonyl (C=O) groups is 2. The van der Waals surface area contributed by atoms with Crippen molar-refractivity contribution in [2.24, 2.45) is 5.41 Å². The molecule has 0 radical (unpaired) electrons. The van der Waals surface area contributed by atoms with Crippen LogP contribution in [-0.2, 0) is 9.53 Å². The van der Waals surface area contributed by atoms with Gasteiger partial charge in [-0.05, 0) is 50.5 Å². The minimum absolute atomic E-state index is 0.436. The second-order valence-electron chi connectivity index (χ2n) is 10.7. The number of nitrogens with zero attached hydrogens (tertiary/aromatic N) is 2. The van der Waals surface area contributed by atoms with Gasteiger partial charge in [0, 0.05) is 26.7 Å². The minimum Gasteiger partial charge on any atom is -0.465 e. The molecule has 2 heterocycles. The van der Waals surface area contributed by atoms with Crippen LogP contribution in [-0.4, -0.2) is 44.4 Å². The number of hydrogen-bond acceptors (Lipinski definition) is 5. The number of ether oxygens (including phenoxy) is 1. The van der Waals surface area contributed by atoms with Crippen molar-refractivity contribution in [3.05, 3.63) is 58.4 Å². The first-order valence-corrected chi connectivity index (χ1v) is 13.2. The van der Waals surface area contributed by atoms with Crippen LogP contribution in [0.2, 0.25) is 0 Å². The molecule has 1 aliphatic rings. The first kappa shape index (κ1) is 26.3. The zero-order valence-electron chi connectivity index (χ0n) is 21.1. The number of amides is 2. The summed E-state index contributed by atoms with van der Waals surface area (Å²) < 4.78 is 7.17. The first-order valence-electron chi connectivity index (χ1n) is 11.6. The lowest BCUT2D eigenvalue weighted by molar-refractivity contribution is -0.128. The molecular weight excluding hydrogens is 542 g/mol. The van der Waals surface area contributed by atoms with E-state index in [9.17, 15) is 14.7 Å². The summed E-state index contributed by atoms with van der Waals surface area (Å²) in [6.45, 7) is 10.8. The van der Waals surface area contributed by atoms with E-state index in [1.54, 1.807) is 44.2 Å². The number of carbonyl (C=O) groups excluding carboxylic acids is 1. The Morgan fingerprint density at radius 1 is 1.06 bits per heavy atom. The summed E-state index contributed by atoms with van der Waals surface area (Å²) >= 11 is 5.02. The van der Waals surface area contributed by atoms with Crippen LogP contribution >= 0.6 is 27.3 Å². The van der Waals surface area contributed by atoms with Crippen LogP contribution in [0.5, 0.6) is 0 Å². The van der Waals surface area contributed by atoms with Gasteiger partial charge in [-0.1, -0.05) is 61.0 Å². The third-order valence-electron chi connectivity index (χ3n) is 6.39. The van der Waals surface area contributed by atoms with Crippen LogP contribution in [0.1, 0.15) is 41.5 Å². The molecule has 0 saturated carbocycles. The maximum atomic E-state index is 13.6. The van der Waals surface area contributed by atoms with Crippen molar-refractivity contribution in [2.45, 2.75) is 58.9 Å². The molecule has 0 spiro atoms. The maximum absolute atomic E-state index is 13.6. The highest BCUT2D eigenvalue weighted by atomic mass is 79.9. The van der Waals surface area contributed by atoms with E-state index in [2.05, 4.69) is 21.2 Å². The molecule has 2 amide bonds. The predicted octanol–water partition coefficient (Wildman–Crippen LogP) is 7.10. The van der Waals surface area contributed by atoms with Gasteiger partial charge in [0.05, 0.1) is 11.8 Å². The lowest BCUT2D eigenvalue weighted by Crippen LogP contribution is -2.63. The second-order valence-corrected chi connectivity index (χ2v) is 12.4. The fourth-order valence-corrected chi connectivity index (χ4v) is 6.01. The Labute approximate surface area is 223 Å². The standard InChI is InChI=1S/C27H30BrN3O4S/c1-25(2,3)22-27(6,31(24(33)34)26(4,5)35-22)23(32)29-19-13-9-16(10-14-19)20-15-36-21(30-20)17-7-11-18(28)12-8-17/h7-15,22H,1-6H3,(H,29,32)(H,33,34)/t22?,27-/m0/s1. The highest BCUT2D eigenvalue weighted by Crippen LogP contribution is 2.47. The van der Waals surface area contributed by atoms with Crippen molar-refractivity contribution in [1.29, 1.82) is 0 Å². The third-order valence-corrected chi connectivity index (χ3v) is 7.81. The molecule has 9 heteroatoms. The molecule has 4 rings (SSSR count). The first-order chi connectivity index (χ1) is 16.7. The van der Waals surface area contributed by atoms with E-state index in [0.29, 0.717) is 5.69 Å². The van der Waals surface area contributed by atoms with E-state index >= 15 is 0 Å². The monoisotopic (exact) mass is 571 g/mol. The van der Waals surface area contributed by atoms with Gasteiger partial charge in [-0.3, -0.25) is 9.69 Å². The number of halogens is 1. The maximum Gasteiger partial charge on any atom is 0.410 e. The molecule has 190 valence electrons. The molecular formula is C27H30BrN3O4S. The minimum atomic E-state index is -1.43. The molecule has 2 aromatic carbocycles. The van der Waals surface area contributed by atoms with E-state index < -0.39 is 34.8 Å². The Hall–Kier alpha value is -2.75. The number of anilines is 1. The van der Waals surface area contributed by atoms with E-state index in [1.165, 1.54) is 0 Å². The smallest absolute Gasteiger partial charge is 0.410 e. The molecule has 0 bridgehead atoms. The fourth-order valence-electron chi connectivity index (χ4n) is 4.92. The molecule has 0 aliphatic carbocycles. The summed E-state index contributed by atoms with van der Waals surface area (Å²) in [6.07, 6.45) is -1.85. The fraction of sp³-hybridized carbons (Fsp3) is 0.370. The van der Waals surface area contributed by atoms with Gasteiger partial charge in [0.1, 0.15) is 10.7 Å². The third kappa shape index (κ3) is 4.79. The predicted molar refractivity (Wildman–Crippen MR) is 146 cm³/mol. The highest BCUT2D eigenvalue weighted by molar-refractivity contribution is 9.10. The van der Waals surface area contributed by atoms with Crippen molar-refractivity contribution in [1.82, 2.24) is 9.88 Å². The number of aromatic nitrogens is 1. The Kier molecular flexibility index (Phi) is 6.79. The van der Waals surface area contributed by atoms with E-state index in [4.69, 9.17) is 9.72 Å². The van der Waals surface area contributed by atoms with Crippen molar-refractivity contribution in [2.75, 3.05) is 5.32 Å². The number of nitrogens with one attached hydrogen (secondary N) is 1. The second kappa shape index (κ2) is 9.28. The summed E-state index contributed by atoms with van der Waals surface area (Å²) in [4.78, 5) is 31.7. The lowest BCUT2D eigenvalue weighted by Gasteiger charge is -2.40. The molecule has 36 heavy (non-hydrogen) atoms. The SMILES string of the molecule is CC(C)(C)C1OC(C)(C)N(C(=O)O)[C@]1(C)C(=O)Nc1ccc(-c2csc(-c3ccc(Br)cc3)n2)cc1. The molecule has 2 atom stereocenters. The van der Waals surface area contributed by atoms with Gasteiger partial charge in [-0.15, -0.1) is 11.3 Å². The topological polar surface area (TPSA) is 91.8 Å². The van der Waals surface area contributed by atoms with Gasteiger partial charge >= 0.3 is 6.09 Å². The Balaban J connectivity index is 1.57. The molecule has 1 saturated heterocycles. The van der Waals surface area contributed by atoms with Crippen molar-refractivity contribution in [3.63, 3.8) is 0 Å². The Morgan fingerprint density at radius 3 is 2.19 bits per heavy atom. The summed E-state index contributed by atoms with van der Waals surface area (Å²) in [6, 6.07) is 15.4. The molecule has 1 unspecified atom stereocenters. The molecule has 1 aliphatic heterocycles. The van der Waals surface area contributed by atoms with Gasteiger partial charge in [0.15, 0.2) is 5.54 Å². The van der Waals surface area contributed by atoms with Gasteiger partial charge < -0.3 is 15.2 Å². The zero-order valence-corrected chi connectivity index (χ0v) is 23.5. The van der Waals surface area contributed by atoms with Gasteiger partial charge in [-0.2, -0.15) is 0 Å². The quantitative estimate of drug-likeness (QED) is 0.348. The number of carboxylic acid groups (broad SMARTS) is 1. The lowest BCUT2D eigenvalue weighted by atomic mass is 9.76. The van der Waals surface area contributed by atoms with E-state index in [-0.39, 0.29) is 0 Å². The molecule has 2 N–H and O–H groups in total. The Morgan fingerprint density at radius 2 is 1.64 bits per heavy atom.